The molecule has 0 fully saturated rings. The summed E-state index contributed by atoms with van der Waals surface area (Å²) in [6, 6.07) is 0.218. The summed E-state index contributed by atoms with van der Waals surface area (Å²) in [5.74, 6) is 0. The number of nitrogens with two attached hydrogens (primary N) is 1. The van der Waals surface area contributed by atoms with Gasteiger partial charge in [0.1, 0.15) is 0 Å². The number of hydrogen-bond acceptors (Lipinski definition) is 1. The van der Waals surface area contributed by atoms with E-state index in [0.717, 1.165) is 0 Å². The summed E-state index contributed by atoms with van der Waals surface area (Å²) in [5.41, 5.74) is 5.32. The van der Waals surface area contributed by atoms with Crippen molar-refractivity contribution in [3.05, 3.63) is 12.2 Å². The van der Waals surface area contributed by atoms with Crippen molar-refractivity contribution in [2.24, 2.45) is 5.73 Å². The van der Waals surface area contributed by atoms with E-state index in [0.29, 0.717) is 0 Å². The van der Waals surface area contributed by atoms with Crippen molar-refractivity contribution >= 4 is 0 Å². The minimum atomic E-state index is 0.218. The maximum atomic E-state index is 5.32. The first-order chi connectivity index (χ1) is 2.77. The molecule has 36 valence electrons. The summed E-state index contributed by atoms with van der Waals surface area (Å²) in [4.78, 5) is 0. The third-order valence-electron chi connectivity index (χ3n) is 0.496. The Kier molecular flexibility index (Phi) is 2.77. The quantitative estimate of drug-likeness (QED) is 0.470. The van der Waals surface area contributed by atoms with Crippen LogP contribution in [0.15, 0.2) is 12.2 Å². The van der Waals surface area contributed by atoms with Crippen molar-refractivity contribution in [3.63, 3.8) is 0 Å². The number of allylic oxidation sites excluding steroid dienone is 1. The third-order valence-corrected chi connectivity index (χ3v) is 0.496. The molecule has 0 bridgehead atoms. The molecular weight excluding hydrogens is 74.1 g/mol. The fourth-order valence-electron chi connectivity index (χ4n) is 0.304. The van der Waals surface area contributed by atoms with Crippen LogP contribution in [-0.2, 0) is 0 Å². The molecule has 0 aromatic rings. The van der Waals surface area contributed by atoms with E-state index in [1.54, 1.807) is 0 Å². The molecule has 1 nitrogen and oxygen atoms in total. The largest absolute Gasteiger partial charge is 0.325 e. The smallest absolute Gasteiger partial charge is 0.0194 e. The molecule has 2 N–H and O–H groups in total. The third kappa shape index (κ3) is 3.70. The number of rotatable bonds is 1. The standard InChI is InChI=1S/C5H11N/c1-3-4-5(2)6/h3-5H,6H2,1-2H3/b4-3+. The maximum absolute atomic E-state index is 5.32. The summed E-state index contributed by atoms with van der Waals surface area (Å²) in [7, 11) is 0. The van der Waals surface area contributed by atoms with E-state index in [1.165, 1.54) is 0 Å². The van der Waals surface area contributed by atoms with E-state index < -0.39 is 0 Å². The van der Waals surface area contributed by atoms with Crippen LogP contribution in [0.3, 0.4) is 0 Å². The second-order valence-corrected chi connectivity index (χ2v) is 1.38. The fraction of sp³-hybridized carbons (Fsp3) is 0.600. The Bertz CT molecular complexity index is 45.9. The summed E-state index contributed by atoms with van der Waals surface area (Å²) >= 11 is 0. The van der Waals surface area contributed by atoms with Crippen LogP contribution in [-0.4, -0.2) is 6.04 Å². The zero-order chi connectivity index (χ0) is 4.99. The molecule has 0 amide bonds. The summed E-state index contributed by atoms with van der Waals surface area (Å²) in [5, 5.41) is 0. The highest BCUT2D eigenvalue weighted by Gasteiger charge is 1.75. The summed E-state index contributed by atoms with van der Waals surface area (Å²) < 4.78 is 0. The Morgan fingerprint density at radius 3 is 2.17 bits per heavy atom. The van der Waals surface area contributed by atoms with E-state index >= 15 is 0 Å². The Morgan fingerprint density at radius 1 is 1.67 bits per heavy atom. The maximum Gasteiger partial charge on any atom is 0.0194 e. The van der Waals surface area contributed by atoms with E-state index in [2.05, 4.69) is 0 Å². The molecule has 0 saturated carbocycles. The van der Waals surface area contributed by atoms with Crippen LogP contribution < -0.4 is 5.73 Å². The van der Waals surface area contributed by atoms with E-state index in [9.17, 15) is 0 Å². The monoisotopic (exact) mass is 85.1 g/mol. The molecule has 0 rings (SSSR count). The van der Waals surface area contributed by atoms with Crippen LogP contribution in [0.4, 0.5) is 0 Å². The van der Waals surface area contributed by atoms with Crippen LogP contribution >= 0.6 is 0 Å². The molecule has 0 aliphatic carbocycles. The molecule has 0 aliphatic heterocycles. The lowest BCUT2D eigenvalue weighted by Gasteiger charge is -1.88. The molecule has 0 aromatic carbocycles. The van der Waals surface area contributed by atoms with Crippen molar-refractivity contribution in [3.8, 4) is 0 Å². The van der Waals surface area contributed by atoms with Gasteiger partial charge in [0.2, 0.25) is 0 Å². The van der Waals surface area contributed by atoms with Crippen molar-refractivity contribution in [2.75, 3.05) is 0 Å². The second-order valence-electron chi connectivity index (χ2n) is 1.38. The van der Waals surface area contributed by atoms with Gasteiger partial charge in [0, 0.05) is 6.04 Å². The Hall–Kier alpha value is -0.300. The van der Waals surface area contributed by atoms with E-state index in [4.69, 9.17) is 5.73 Å². The highest BCUT2D eigenvalue weighted by atomic mass is 14.6. The van der Waals surface area contributed by atoms with Gasteiger partial charge in [0.15, 0.2) is 0 Å². The lowest BCUT2D eigenvalue weighted by atomic mass is 10.3. The highest BCUT2D eigenvalue weighted by Crippen LogP contribution is 1.74. The molecule has 0 saturated heterocycles. The summed E-state index contributed by atoms with van der Waals surface area (Å²) in [6.07, 6.45) is 3.89. The first kappa shape index (κ1) is 5.70. The Morgan fingerprint density at radius 2 is 2.17 bits per heavy atom. The highest BCUT2D eigenvalue weighted by molar-refractivity contribution is 4.84. The van der Waals surface area contributed by atoms with Gasteiger partial charge in [-0.15, -0.1) is 0 Å². The lowest BCUT2D eigenvalue weighted by Crippen LogP contribution is -2.09. The zero-order valence-electron chi connectivity index (χ0n) is 4.31. The van der Waals surface area contributed by atoms with Gasteiger partial charge in [-0.1, -0.05) is 12.2 Å². The van der Waals surface area contributed by atoms with Crippen LogP contribution in [0.5, 0.6) is 0 Å². The lowest BCUT2D eigenvalue weighted by molar-refractivity contribution is 0.924. The van der Waals surface area contributed by atoms with Gasteiger partial charge in [0.25, 0.3) is 0 Å². The van der Waals surface area contributed by atoms with Gasteiger partial charge in [-0.3, -0.25) is 0 Å². The zero-order valence-corrected chi connectivity index (χ0v) is 4.31. The van der Waals surface area contributed by atoms with E-state index in [-0.39, 0.29) is 6.04 Å². The van der Waals surface area contributed by atoms with Crippen molar-refractivity contribution in [2.45, 2.75) is 19.9 Å². The predicted octanol–water partition coefficient (Wildman–Crippen LogP) is 0.910. The first-order valence-electron chi connectivity index (χ1n) is 2.15. The van der Waals surface area contributed by atoms with Gasteiger partial charge >= 0.3 is 0 Å². The fourth-order valence-corrected chi connectivity index (χ4v) is 0.304. The number of hydrogen-bond donors (Lipinski definition) is 1. The van der Waals surface area contributed by atoms with Crippen molar-refractivity contribution in [1.29, 1.82) is 0 Å². The molecular formula is C5H11N. The molecule has 0 spiro atoms. The Labute approximate surface area is 38.8 Å². The van der Waals surface area contributed by atoms with Gasteiger partial charge in [-0.25, -0.2) is 0 Å². The van der Waals surface area contributed by atoms with Gasteiger partial charge in [-0.05, 0) is 13.8 Å². The first-order valence-corrected chi connectivity index (χ1v) is 2.15. The second kappa shape index (κ2) is 2.91. The van der Waals surface area contributed by atoms with Crippen LogP contribution in [0, 0.1) is 0 Å². The van der Waals surface area contributed by atoms with Crippen molar-refractivity contribution < 1.29 is 0 Å². The molecule has 1 unspecified atom stereocenters. The average Bonchev–Trinajstić information content (AvgIpc) is 1.35. The van der Waals surface area contributed by atoms with Crippen LogP contribution in [0.1, 0.15) is 13.8 Å². The minimum Gasteiger partial charge on any atom is -0.325 e. The van der Waals surface area contributed by atoms with Gasteiger partial charge in [-0.2, -0.15) is 0 Å². The molecule has 0 heterocycles. The Balaban J connectivity index is 3.03. The van der Waals surface area contributed by atoms with Gasteiger partial charge < -0.3 is 5.73 Å². The summed E-state index contributed by atoms with van der Waals surface area (Å²) in [6.45, 7) is 3.91. The van der Waals surface area contributed by atoms with E-state index in [1.807, 2.05) is 26.0 Å². The predicted molar refractivity (Wildman–Crippen MR) is 28.5 cm³/mol. The van der Waals surface area contributed by atoms with Crippen LogP contribution in [0.25, 0.3) is 0 Å². The van der Waals surface area contributed by atoms with Gasteiger partial charge in [0.05, 0.1) is 0 Å². The minimum absolute atomic E-state index is 0.218. The topological polar surface area (TPSA) is 26.0 Å². The molecule has 6 heavy (non-hydrogen) atoms. The van der Waals surface area contributed by atoms with Crippen molar-refractivity contribution in [1.82, 2.24) is 0 Å². The molecule has 0 aliphatic rings. The molecule has 1 heteroatoms. The normalized spacial score (nSPS) is 15.8. The molecule has 1 atom stereocenters. The SMILES string of the molecule is C/C=C/C(C)N. The molecule has 0 radical (unpaired) electrons. The average molecular weight is 85.2 g/mol. The molecule has 0 aromatic heterocycles. The van der Waals surface area contributed by atoms with Crippen LogP contribution in [0.2, 0.25) is 0 Å².